The van der Waals surface area contributed by atoms with Gasteiger partial charge in [0, 0.05) is 44.9 Å². The number of rotatable bonds is 12. The molecule has 3 aromatic rings. The van der Waals surface area contributed by atoms with Crippen LogP contribution < -0.4 is 10.2 Å². The van der Waals surface area contributed by atoms with E-state index in [1.54, 1.807) is 18.5 Å². The molecular formula is C25H36N8O4S. The van der Waals surface area contributed by atoms with Crippen molar-refractivity contribution in [1.82, 2.24) is 23.8 Å². The summed E-state index contributed by atoms with van der Waals surface area (Å²) in [6, 6.07) is 6.44. The van der Waals surface area contributed by atoms with Crippen LogP contribution in [0.2, 0.25) is 0 Å². The predicted molar refractivity (Wildman–Crippen MR) is 148 cm³/mol. The minimum atomic E-state index is -3.25. The van der Waals surface area contributed by atoms with Crippen molar-refractivity contribution in [2.45, 2.75) is 46.1 Å². The van der Waals surface area contributed by atoms with Crippen molar-refractivity contribution in [3.05, 3.63) is 46.3 Å². The quantitative estimate of drug-likeness (QED) is 0.268. The van der Waals surface area contributed by atoms with E-state index in [2.05, 4.69) is 24.1 Å². The maximum Gasteiger partial charge on any atom is 0.269 e. The Morgan fingerprint density at radius 2 is 1.82 bits per heavy atom. The van der Waals surface area contributed by atoms with E-state index in [4.69, 9.17) is 9.97 Å². The van der Waals surface area contributed by atoms with E-state index in [-0.39, 0.29) is 5.69 Å². The second-order valence-electron chi connectivity index (χ2n) is 9.79. The Bertz CT molecular complexity index is 1350. The first-order valence-corrected chi connectivity index (χ1v) is 14.9. The fourth-order valence-electron chi connectivity index (χ4n) is 4.64. The van der Waals surface area contributed by atoms with Crippen LogP contribution in [0.5, 0.6) is 0 Å². The van der Waals surface area contributed by atoms with Crippen LogP contribution in [0.1, 0.15) is 45.1 Å². The highest BCUT2D eigenvalue weighted by molar-refractivity contribution is 7.88. The summed E-state index contributed by atoms with van der Waals surface area (Å²) in [6.45, 7) is 7.34. The Labute approximate surface area is 223 Å². The van der Waals surface area contributed by atoms with Gasteiger partial charge in [0.1, 0.15) is 0 Å². The van der Waals surface area contributed by atoms with Gasteiger partial charge in [0.15, 0.2) is 17.0 Å². The minimum absolute atomic E-state index is 0.0436. The molecule has 3 heterocycles. The minimum Gasteiger partial charge on any atom is -0.368 e. The van der Waals surface area contributed by atoms with E-state index in [0.717, 1.165) is 31.4 Å². The monoisotopic (exact) mass is 544 g/mol. The van der Waals surface area contributed by atoms with Crippen LogP contribution in [0, 0.1) is 16.0 Å². The first-order chi connectivity index (χ1) is 18.2. The summed E-state index contributed by atoms with van der Waals surface area (Å²) in [5.74, 6) is 1.71. The van der Waals surface area contributed by atoms with Gasteiger partial charge in [-0.3, -0.25) is 10.1 Å². The SMILES string of the molecule is CCCCC(CC)CNc1nc(N2CCN(S(C)(=O)=O)CC2)nc2c1ncn2Cc1ccc([N+](=O)[O-])cc1. The molecular weight excluding hydrogens is 508 g/mol. The summed E-state index contributed by atoms with van der Waals surface area (Å²) < 4.78 is 27.3. The molecule has 1 aliphatic heterocycles. The molecule has 1 aromatic carbocycles. The van der Waals surface area contributed by atoms with Gasteiger partial charge in [-0.2, -0.15) is 14.3 Å². The first-order valence-electron chi connectivity index (χ1n) is 13.1. The van der Waals surface area contributed by atoms with Crippen molar-refractivity contribution in [3.63, 3.8) is 0 Å². The third-order valence-electron chi connectivity index (χ3n) is 7.04. The molecule has 13 heteroatoms. The fraction of sp³-hybridized carbons (Fsp3) is 0.560. The summed E-state index contributed by atoms with van der Waals surface area (Å²) in [4.78, 5) is 26.9. The van der Waals surface area contributed by atoms with Gasteiger partial charge in [0.05, 0.1) is 24.1 Å². The maximum atomic E-state index is 12.0. The molecule has 1 aliphatic rings. The molecule has 1 saturated heterocycles. The second-order valence-corrected chi connectivity index (χ2v) is 11.8. The number of piperazine rings is 1. The lowest BCUT2D eigenvalue weighted by Gasteiger charge is -2.33. The van der Waals surface area contributed by atoms with Gasteiger partial charge in [0.25, 0.3) is 5.69 Å². The van der Waals surface area contributed by atoms with Gasteiger partial charge >= 0.3 is 0 Å². The molecule has 0 spiro atoms. The molecule has 1 atom stereocenters. The van der Waals surface area contributed by atoms with E-state index in [1.165, 1.54) is 29.1 Å². The molecule has 206 valence electrons. The first kappa shape index (κ1) is 27.7. The molecule has 2 aromatic heterocycles. The Balaban J connectivity index is 1.64. The zero-order valence-electron chi connectivity index (χ0n) is 22.2. The number of fused-ring (bicyclic) bond motifs is 1. The molecule has 0 radical (unpaired) electrons. The fourth-order valence-corrected chi connectivity index (χ4v) is 5.46. The lowest BCUT2D eigenvalue weighted by atomic mass is 9.99. The lowest BCUT2D eigenvalue weighted by molar-refractivity contribution is -0.384. The number of aromatic nitrogens is 4. The Morgan fingerprint density at radius 1 is 1.11 bits per heavy atom. The van der Waals surface area contributed by atoms with E-state index in [1.807, 2.05) is 9.47 Å². The number of nitro benzene ring substituents is 1. The molecule has 38 heavy (non-hydrogen) atoms. The Morgan fingerprint density at radius 3 is 2.42 bits per heavy atom. The van der Waals surface area contributed by atoms with Gasteiger partial charge in [-0.05, 0) is 17.9 Å². The van der Waals surface area contributed by atoms with E-state index in [9.17, 15) is 18.5 Å². The molecule has 0 saturated carbocycles. The van der Waals surface area contributed by atoms with E-state index < -0.39 is 14.9 Å². The van der Waals surface area contributed by atoms with E-state index >= 15 is 0 Å². The van der Waals surface area contributed by atoms with Gasteiger partial charge < -0.3 is 14.8 Å². The lowest BCUT2D eigenvalue weighted by Crippen LogP contribution is -2.48. The third kappa shape index (κ3) is 6.57. The number of hydrogen-bond donors (Lipinski definition) is 1. The molecule has 1 unspecified atom stereocenters. The number of nitrogens with one attached hydrogen (secondary N) is 1. The summed E-state index contributed by atoms with van der Waals surface area (Å²) in [5, 5.41) is 14.5. The standard InChI is InChI=1S/C25H36N8O4S/c1-4-6-7-19(5-2)16-26-23-22-24(29-25(28-23)30-12-14-32(15-13-30)38(3,36)37)31(18-27-22)17-20-8-10-21(11-9-20)33(34)35/h8-11,18-19H,4-7,12-17H2,1-3H3,(H,26,28,29). The molecule has 12 nitrogen and oxygen atoms in total. The summed E-state index contributed by atoms with van der Waals surface area (Å²) >= 11 is 0. The predicted octanol–water partition coefficient (Wildman–Crippen LogP) is 3.49. The van der Waals surface area contributed by atoms with Crippen LogP contribution in [0.25, 0.3) is 11.2 Å². The number of sulfonamides is 1. The summed E-state index contributed by atoms with van der Waals surface area (Å²) in [7, 11) is -3.25. The van der Waals surface area contributed by atoms with Crippen LogP contribution in [0.3, 0.4) is 0 Å². The number of nitro groups is 1. The number of anilines is 2. The maximum absolute atomic E-state index is 12.0. The highest BCUT2D eigenvalue weighted by atomic mass is 32.2. The van der Waals surface area contributed by atoms with Crippen molar-refractivity contribution >= 4 is 38.6 Å². The zero-order chi connectivity index (χ0) is 27.3. The normalized spacial score (nSPS) is 15.6. The number of imidazole rings is 1. The Hall–Kier alpha value is -3.32. The van der Waals surface area contributed by atoms with Gasteiger partial charge in [-0.15, -0.1) is 0 Å². The number of nitrogens with zero attached hydrogens (tertiary/aromatic N) is 7. The molecule has 0 aliphatic carbocycles. The summed E-state index contributed by atoms with van der Waals surface area (Å²) in [6.07, 6.45) is 7.49. The highest BCUT2D eigenvalue weighted by Gasteiger charge is 2.26. The number of non-ortho nitro benzene ring substituents is 1. The molecule has 1 N–H and O–H groups in total. The Kier molecular flexibility index (Phi) is 8.77. The van der Waals surface area contributed by atoms with Crippen LogP contribution in [0.4, 0.5) is 17.5 Å². The smallest absolute Gasteiger partial charge is 0.269 e. The van der Waals surface area contributed by atoms with Gasteiger partial charge in [-0.25, -0.2) is 13.4 Å². The largest absolute Gasteiger partial charge is 0.368 e. The summed E-state index contributed by atoms with van der Waals surface area (Å²) in [5.41, 5.74) is 2.25. The van der Waals surface area contributed by atoms with Crippen molar-refractivity contribution < 1.29 is 13.3 Å². The molecule has 4 rings (SSSR count). The number of unbranched alkanes of at least 4 members (excludes halogenated alkanes) is 1. The van der Waals surface area contributed by atoms with Crippen molar-refractivity contribution in [2.75, 3.05) is 49.2 Å². The average Bonchev–Trinajstić information content (AvgIpc) is 3.31. The highest BCUT2D eigenvalue weighted by Crippen LogP contribution is 2.26. The van der Waals surface area contributed by atoms with Crippen LogP contribution in [0.15, 0.2) is 30.6 Å². The zero-order valence-corrected chi connectivity index (χ0v) is 23.0. The molecule has 1 fully saturated rings. The van der Waals surface area contributed by atoms with E-state index in [0.29, 0.717) is 61.6 Å². The van der Waals surface area contributed by atoms with Crippen LogP contribution in [-0.4, -0.2) is 76.1 Å². The topological polar surface area (TPSA) is 139 Å². The van der Waals surface area contributed by atoms with Gasteiger partial charge in [0.2, 0.25) is 16.0 Å². The van der Waals surface area contributed by atoms with Crippen molar-refractivity contribution in [1.29, 1.82) is 0 Å². The molecule has 0 amide bonds. The van der Waals surface area contributed by atoms with Crippen molar-refractivity contribution in [2.24, 2.45) is 5.92 Å². The van der Waals surface area contributed by atoms with Crippen LogP contribution in [-0.2, 0) is 16.6 Å². The second kappa shape index (κ2) is 12.0. The number of hydrogen-bond acceptors (Lipinski definition) is 9. The average molecular weight is 545 g/mol. The van der Waals surface area contributed by atoms with Gasteiger partial charge in [-0.1, -0.05) is 45.2 Å². The van der Waals surface area contributed by atoms with Crippen molar-refractivity contribution in [3.8, 4) is 0 Å². The molecule has 0 bridgehead atoms. The third-order valence-corrected chi connectivity index (χ3v) is 8.35. The van der Waals surface area contributed by atoms with Crippen LogP contribution >= 0.6 is 0 Å². The number of benzene rings is 1.